The lowest BCUT2D eigenvalue weighted by Gasteiger charge is -2.23. The van der Waals surface area contributed by atoms with Crippen molar-refractivity contribution in [3.8, 4) is 0 Å². The summed E-state index contributed by atoms with van der Waals surface area (Å²) in [6.07, 6.45) is 1.84. The fourth-order valence-electron chi connectivity index (χ4n) is 2.95. The number of esters is 1. The number of aromatic nitrogens is 2. The van der Waals surface area contributed by atoms with Gasteiger partial charge in [0.05, 0.1) is 7.11 Å². The number of aryl methyl sites for hydroxylation is 1. The summed E-state index contributed by atoms with van der Waals surface area (Å²) in [6.45, 7) is 0.614. The molecule has 0 atom stereocenters. The van der Waals surface area contributed by atoms with Crippen LogP contribution in [0.2, 0.25) is 0 Å². The van der Waals surface area contributed by atoms with Crippen LogP contribution in [0.25, 0.3) is 11.0 Å². The second-order valence-corrected chi connectivity index (χ2v) is 5.89. The van der Waals surface area contributed by atoms with Crippen molar-refractivity contribution in [2.24, 2.45) is 7.05 Å². The third-order valence-corrected chi connectivity index (χ3v) is 4.25. The summed E-state index contributed by atoms with van der Waals surface area (Å²) < 4.78 is 33.9. The summed E-state index contributed by atoms with van der Waals surface area (Å²) in [6, 6.07) is 3.57. The van der Waals surface area contributed by atoms with E-state index in [-0.39, 0.29) is 19.4 Å². The Bertz CT molecular complexity index is 742. The van der Waals surface area contributed by atoms with E-state index in [4.69, 9.17) is 4.74 Å². The Morgan fingerprint density at radius 1 is 1.35 bits per heavy atom. The highest BCUT2D eigenvalue weighted by Crippen LogP contribution is 2.32. The van der Waals surface area contributed by atoms with E-state index in [9.17, 15) is 13.6 Å². The summed E-state index contributed by atoms with van der Waals surface area (Å²) >= 11 is 0. The van der Waals surface area contributed by atoms with E-state index in [1.807, 2.05) is 23.9 Å². The molecule has 2 aromatic heterocycles. The molecule has 0 aliphatic carbocycles. The largest absolute Gasteiger partial charge is 0.465 e. The lowest BCUT2D eigenvalue weighted by Crippen LogP contribution is -2.28. The Kier molecular flexibility index (Phi) is 3.95. The summed E-state index contributed by atoms with van der Waals surface area (Å²) in [7, 11) is 3.16. The van der Waals surface area contributed by atoms with Crippen LogP contribution in [-0.2, 0) is 11.8 Å². The van der Waals surface area contributed by atoms with Crippen LogP contribution in [0.5, 0.6) is 0 Å². The highest BCUT2D eigenvalue weighted by Gasteiger charge is 2.33. The molecular formula is C16H19F2N3O2. The summed E-state index contributed by atoms with van der Waals surface area (Å²) in [5, 5.41) is 0.816. The molecule has 1 aliphatic rings. The first-order valence-electron chi connectivity index (χ1n) is 7.58. The smallest absolute Gasteiger partial charge is 0.341 e. The van der Waals surface area contributed by atoms with Crippen molar-refractivity contribution in [2.45, 2.75) is 25.2 Å². The maximum absolute atomic E-state index is 13.6. The monoisotopic (exact) mass is 323 g/mol. The Morgan fingerprint density at radius 3 is 2.87 bits per heavy atom. The number of hydrogen-bond donors (Lipinski definition) is 0. The number of halogens is 2. The van der Waals surface area contributed by atoms with Gasteiger partial charge in [-0.05, 0) is 18.6 Å². The normalized spacial score (nSPS) is 18.0. The average molecular weight is 323 g/mol. The number of fused-ring (bicyclic) bond motifs is 1. The number of ether oxygens (including phenoxy) is 1. The van der Waals surface area contributed by atoms with Crippen molar-refractivity contribution in [3.05, 3.63) is 23.9 Å². The van der Waals surface area contributed by atoms with E-state index < -0.39 is 11.9 Å². The minimum absolute atomic E-state index is 0.135. The fourth-order valence-corrected chi connectivity index (χ4v) is 2.95. The topological polar surface area (TPSA) is 47.4 Å². The lowest BCUT2D eigenvalue weighted by molar-refractivity contribution is -0.0102. The van der Waals surface area contributed by atoms with Gasteiger partial charge in [0.15, 0.2) is 0 Å². The third kappa shape index (κ3) is 3.00. The van der Waals surface area contributed by atoms with Gasteiger partial charge in [0.25, 0.3) is 0 Å². The van der Waals surface area contributed by atoms with Gasteiger partial charge in [-0.1, -0.05) is 0 Å². The number of anilines is 1. The second-order valence-electron chi connectivity index (χ2n) is 5.89. The van der Waals surface area contributed by atoms with Gasteiger partial charge in [0, 0.05) is 44.6 Å². The maximum atomic E-state index is 13.6. The Hall–Kier alpha value is -2.18. The van der Waals surface area contributed by atoms with Gasteiger partial charge in [-0.3, -0.25) is 0 Å². The first-order chi connectivity index (χ1) is 10.9. The van der Waals surface area contributed by atoms with Crippen LogP contribution in [-0.4, -0.2) is 41.6 Å². The summed E-state index contributed by atoms with van der Waals surface area (Å²) in [5.41, 5.74) is 1.03. The van der Waals surface area contributed by atoms with Gasteiger partial charge in [0.2, 0.25) is 5.92 Å². The second kappa shape index (κ2) is 5.79. The molecule has 0 unspecified atom stereocenters. The minimum Gasteiger partial charge on any atom is -0.465 e. The minimum atomic E-state index is -2.66. The molecule has 0 bridgehead atoms. The molecule has 23 heavy (non-hydrogen) atoms. The Labute approximate surface area is 132 Å². The average Bonchev–Trinajstić information content (AvgIpc) is 2.78. The molecule has 0 saturated carbocycles. The van der Waals surface area contributed by atoms with Crippen LogP contribution in [0.1, 0.15) is 29.6 Å². The van der Waals surface area contributed by atoms with Crippen molar-refractivity contribution in [1.29, 1.82) is 0 Å². The van der Waals surface area contributed by atoms with Crippen LogP contribution in [0.4, 0.5) is 14.6 Å². The molecule has 3 rings (SSSR count). The van der Waals surface area contributed by atoms with Gasteiger partial charge in [-0.15, -0.1) is 0 Å². The zero-order chi connectivity index (χ0) is 16.6. The van der Waals surface area contributed by atoms with E-state index >= 15 is 0 Å². The van der Waals surface area contributed by atoms with E-state index in [1.54, 1.807) is 11.0 Å². The molecule has 1 aliphatic heterocycles. The van der Waals surface area contributed by atoms with E-state index in [0.717, 1.165) is 5.39 Å². The van der Waals surface area contributed by atoms with Crippen molar-refractivity contribution in [1.82, 2.24) is 9.55 Å². The summed E-state index contributed by atoms with van der Waals surface area (Å²) in [4.78, 5) is 18.4. The quantitative estimate of drug-likeness (QED) is 0.797. The molecule has 0 radical (unpaired) electrons. The Morgan fingerprint density at radius 2 is 2.13 bits per heavy atom. The maximum Gasteiger partial charge on any atom is 0.341 e. The molecule has 1 saturated heterocycles. The van der Waals surface area contributed by atoms with Crippen molar-refractivity contribution in [2.75, 3.05) is 25.1 Å². The van der Waals surface area contributed by atoms with Gasteiger partial charge in [-0.25, -0.2) is 18.6 Å². The molecular weight excluding hydrogens is 304 g/mol. The summed E-state index contributed by atoms with van der Waals surface area (Å²) in [5.74, 6) is -2.74. The number of carbonyl (C=O) groups is 1. The van der Waals surface area contributed by atoms with E-state index in [0.29, 0.717) is 30.0 Å². The zero-order valence-corrected chi connectivity index (χ0v) is 13.2. The molecule has 1 fully saturated rings. The van der Waals surface area contributed by atoms with Crippen molar-refractivity contribution >= 4 is 22.8 Å². The van der Waals surface area contributed by atoms with E-state index in [1.165, 1.54) is 7.11 Å². The first-order valence-corrected chi connectivity index (χ1v) is 7.58. The molecule has 0 aromatic carbocycles. The van der Waals surface area contributed by atoms with Crippen LogP contribution >= 0.6 is 0 Å². The van der Waals surface area contributed by atoms with Crippen molar-refractivity contribution in [3.63, 3.8) is 0 Å². The lowest BCUT2D eigenvalue weighted by atomic mass is 10.1. The predicted molar refractivity (Wildman–Crippen MR) is 83.1 cm³/mol. The van der Waals surface area contributed by atoms with Gasteiger partial charge >= 0.3 is 5.97 Å². The van der Waals surface area contributed by atoms with Gasteiger partial charge in [-0.2, -0.15) is 0 Å². The van der Waals surface area contributed by atoms with Crippen LogP contribution in [0.15, 0.2) is 18.3 Å². The number of hydrogen-bond acceptors (Lipinski definition) is 4. The van der Waals surface area contributed by atoms with Crippen LogP contribution in [0.3, 0.4) is 0 Å². The number of rotatable bonds is 2. The van der Waals surface area contributed by atoms with Gasteiger partial charge < -0.3 is 14.2 Å². The molecule has 0 amide bonds. The Balaban J connectivity index is 2.06. The molecule has 7 heteroatoms. The number of alkyl halides is 2. The highest BCUT2D eigenvalue weighted by molar-refractivity contribution is 5.99. The molecule has 3 heterocycles. The zero-order valence-electron chi connectivity index (χ0n) is 13.2. The SMILES string of the molecule is COC(=O)c1cc2ccn(C)c2nc1N1CCCC(F)(F)CC1. The van der Waals surface area contributed by atoms with E-state index in [2.05, 4.69) is 4.98 Å². The molecule has 0 spiro atoms. The fraction of sp³-hybridized carbons (Fsp3) is 0.500. The highest BCUT2D eigenvalue weighted by atomic mass is 19.3. The number of methoxy groups -OCH3 is 1. The van der Waals surface area contributed by atoms with Crippen molar-refractivity contribution < 1.29 is 18.3 Å². The number of pyridine rings is 1. The first kappa shape index (κ1) is 15.7. The number of carbonyl (C=O) groups excluding carboxylic acids is 1. The predicted octanol–water partition coefficient (Wildman–Crippen LogP) is 2.99. The molecule has 2 aromatic rings. The van der Waals surface area contributed by atoms with Crippen LogP contribution in [0, 0.1) is 0 Å². The van der Waals surface area contributed by atoms with Crippen LogP contribution < -0.4 is 4.90 Å². The molecule has 5 nitrogen and oxygen atoms in total. The molecule has 0 N–H and O–H groups in total. The number of nitrogens with zero attached hydrogens (tertiary/aromatic N) is 3. The standard InChI is InChI=1S/C16H19F2N3O2/c1-20-8-4-11-10-12(15(22)23-2)14(19-13(11)20)21-7-3-5-16(17,18)6-9-21/h4,8,10H,3,5-7,9H2,1-2H3. The van der Waals surface area contributed by atoms with Gasteiger partial charge in [0.1, 0.15) is 17.0 Å². The molecule has 124 valence electrons. The third-order valence-electron chi connectivity index (χ3n) is 4.25.